The minimum Gasteiger partial charge on any atom is -0.497 e. The Morgan fingerprint density at radius 1 is 0.903 bits per heavy atom. The summed E-state index contributed by atoms with van der Waals surface area (Å²) in [7, 11) is 1.60. The van der Waals surface area contributed by atoms with E-state index >= 15 is 0 Å². The summed E-state index contributed by atoms with van der Waals surface area (Å²) in [6, 6.07) is 27.4. The third kappa shape index (κ3) is 3.46. The van der Waals surface area contributed by atoms with Gasteiger partial charge in [-0.1, -0.05) is 66.7 Å². The van der Waals surface area contributed by atoms with Crippen LogP contribution in [0.15, 0.2) is 91.3 Å². The summed E-state index contributed by atoms with van der Waals surface area (Å²) in [5, 5.41) is 4.49. The van der Waals surface area contributed by atoms with Crippen LogP contribution in [0.25, 0.3) is 0 Å². The van der Waals surface area contributed by atoms with Crippen LogP contribution in [0.5, 0.6) is 5.75 Å². The van der Waals surface area contributed by atoms with Crippen molar-refractivity contribution in [3.63, 3.8) is 0 Å². The van der Waals surface area contributed by atoms with E-state index in [1.54, 1.807) is 24.1 Å². The van der Waals surface area contributed by atoms with E-state index in [1.807, 2.05) is 53.2 Å². The topological polar surface area (TPSA) is 60.2 Å². The Kier molecular flexibility index (Phi) is 4.96. The zero-order valence-electron chi connectivity index (χ0n) is 17.1. The normalized spacial score (nSPS) is 17.8. The smallest absolute Gasteiger partial charge is 0.261 e. The molecular formula is C25H22N4O2. The van der Waals surface area contributed by atoms with Gasteiger partial charge < -0.3 is 4.74 Å². The van der Waals surface area contributed by atoms with Gasteiger partial charge in [0.05, 0.1) is 19.2 Å². The SMILES string of the molecule is COc1cccc(C(=O)N2c3ncnn3[C@H](c3ccccc3)C[C@H]2c2ccccc2)c1. The molecule has 5 rings (SSSR count). The van der Waals surface area contributed by atoms with Crippen molar-refractivity contribution >= 4 is 11.9 Å². The van der Waals surface area contributed by atoms with Crippen molar-refractivity contribution in [2.24, 2.45) is 0 Å². The van der Waals surface area contributed by atoms with Crippen molar-refractivity contribution in [2.45, 2.75) is 18.5 Å². The number of ether oxygens (including phenoxy) is 1. The monoisotopic (exact) mass is 410 g/mol. The van der Waals surface area contributed by atoms with Crippen LogP contribution in [0, 0.1) is 0 Å². The van der Waals surface area contributed by atoms with Crippen molar-refractivity contribution in [2.75, 3.05) is 12.0 Å². The van der Waals surface area contributed by atoms with Crippen LogP contribution < -0.4 is 9.64 Å². The highest BCUT2D eigenvalue weighted by molar-refractivity contribution is 6.06. The second-order valence-electron chi connectivity index (χ2n) is 7.50. The molecule has 2 heterocycles. The van der Waals surface area contributed by atoms with Gasteiger partial charge in [-0.3, -0.25) is 9.69 Å². The maximum Gasteiger partial charge on any atom is 0.261 e. The molecule has 0 unspecified atom stereocenters. The lowest BCUT2D eigenvalue weighted by Gasteiger charge is -2.39. The van der Waals surface area contributed by atoms with Crippen molar-refractivity contribution in [3.8, 4) is 5.75 Å². The second-order valence-corrected chi connectivity index (χ2v) is 7.50. The summed E-state index contributed by atoms with van der Waals surface area (Å²) in [6.45, 7) is 0. The van der Waals surface area contributed by atoms with Gasteiger partial charge in [0.15, 0.2) is 0 Å². The predicted octanol–water partition coefficient (Wildman–Crippen LogP) is 4.67. The van der Waals surface area contributed by atoms with E-state index in [0.29, 0.717) is 23.7 Å². The zero-order valence-corrected chi connectivity index (χ0v) is 17.1. The molecule has 0 N–H and O–H groups in total. The quantitative estimate of drug-likeness (QED) is 0.491. The first-order chi connectivity index (χ1) is 15.3. The standard InChI is InChI=1S/C25H22N4O2/c1-31-21-14-8-13-20(15-21)24(30)28-22(18-9-4-2-5-10-18)16-23(19-11-6-3-7-12-19)29-25(28)26-17-27-29/h2-15,17,22-23H,16H2,1H3/t22-,23-/m0/s1. The van der Waals surface area contributed by atoms with Gasteiger partial charge in [-0.05, 0) is 35.7 Å². The molecule has 6 heteroatoms. The zero-order chi connectivity index (χ0) is 21.2. The van der Waals surface area contributed by atoms with E-state index < -0.39 is 0 Å². The summed E-state index contributed by atoms with van der Waals surface area (Å²) in [4.78, 5) is 20.0. The van der Waals surface area contributed by atoms with Crippen LogP contribution in [0.4, 0.5) is 5.95 Å². The Balaban J connectivity index is 1.64. The van der Waals surface area contributed by atoms with Gasteiger partial charge in [0.2, 0.25) is 5.95 Å². The highest BCUT2D eigenvalue weighted by Gasteiger charge is 2.39. The molecule has 0 spiro atoms. The average molecular weight is 410 g/mol. The van der Waals surface area contributed by atoms with Crippen LogP contribution in [-0.4, -0.2) is 27.8 Å². The molecule has 0 saturated heterocycles. The van der Waals surface area contributed by atoms with Crippen molar-refractivity contribution < 1.29 is 9.53 Å². The fraction of sp³-hybridized carbons (Fsp3) is 0.160. The lowest BCUT2D eigenvalue weighted by Crippen LogP contribution is -2.42. The number of anilines is 1. The Bertz CT molecular complexity index is 1190. The first-order valence-electron chi connectivity index (χ1n) is 10.2. The van der Waals surface area contributed by atoms with Gasteiger partial charge >= 0.3 is 0 Å². The lowest BCUT2D eigenvalue weighted by molar-refractivity contribution is 0.0963. The number of nitrogens with zero attached hydrogens (tertiary/aromatic N) is 4. The number of hydrogen-bond donors (Lipinski definition) is 0. The molecule has 0 saturated carbocycles. The predicted molar refractivity (Wildman–Crippen MR) is 118 cm³/mol. The maximum atomic E-state index is 13.7. The number of fused-ring (bicyclic) bond motifs is 1. The first-order valence-corrected chi connectivity index (χ1v) is 10.2. The van der Waals surface area contributed by atoms with Gasteiger partial charge in [-0.25, -0.2) is 4.68 Å². The number of aromatic nitrogens is 3. The highest BCUT2D eigenvalue weighted by Crippen LogP contribution is 2.42. The van der Waals surface area contributed by atoms with Crippen LogP contribution in [0.1, 0.15) is 40.0 Å². The molecule has 0 bridgehead atoms. The van der Waals surface area contributed by atoms with Crippen molar-refractivity contribution in [1.29, 1.82) is 0 Å². The fourth-order valence-corrected chi connectivity index (χ4v) is 4.23. The fourth-order valence-electron chi connectivity index (χ4n) is 4.23. The number of carbonyl (C=O) groups is 1. The van der Waals surface area contributed by atoms with Gasteiger partial charge in [0.25, 0.3) is 5.91 Å². The largest absolute Gasteiger partial charge is 0.497 e. The molecule has 154 valence electrons. The number of carbonyl (C=O) groups excluding carboxylic acids is 1. The molecule has 1 aliphatic heterocycles. The molecule has 1 aromatic heterocycles. The van der Waals surface area contributed by atoms with E-state index in [-0.39, 0.29) is 18.0 Å². The van der Waals surface area contributed by atoms with Gasteiger partial charge in [-0.2, -0.15) is 10.1 Å². The molecule has 4 aromatic rings. The second kappa shape index (κ2) is 8.07. The molecule has 1 amide bonds. The van der Waals surface area contributed by atoms with Gasteiger partial charge in [-0.15, -0.1) is 0 Å². The molecular weight excluding hydrogens is 388 g/mol. The Morgan fingerprint density at radius 2 is 1.58 bits per heavy atom. The molecule has 0 aliphatic carbocycles. The van der Waals surface area contributed by atoms with E-state index in [9.17, 15) is 4.79 Å². The number of benzene rings is 3. The summed E-state index contributed by atoms with van der Waals surface area (Å²) in [5.41, 5.74) is 2.76. The summed E-state index contributed by atoms with van der Waals surface area (Å²) >= 11 is 0. The number of rotatable bonds is 4. The average Bonchev–Trinajstić information content (AvgIpc) is 3.33. The molecule has 3 aromatic carbocycles. The van der Waals surface area contributed by atoms with E-state index in [1.165, 1.54) is 6.33 Å². The maximum absolute atomic E-state index is 13.7. The molecule has 0 radical (unpaired) electrons. The molecule has 2 atom stereocenters. The molecule has 6 nitrogen and oxygen atoms in total. The molecule has 0 fully saturated rings. The number of hydrogen-bond acceptors (Lipinski definition) is 4. The third-order valence-corrected chi connectivity index (χ3v) is 5.73. The Morgan fingerprint density at radius 3 is 2.26 bits per heavy atom. The lowest BCUT2D eigenvalue weighted by atomic mass is 9.91. The van der Waals surface area contributed by atoms with E-state index in [4.69, 9.17) is 4.74 Å². The minimum absolute atomic E-state index is 0.0155. The first kappa shape index (κ1) is 19.1. The Hall–Kier alpha value is -3.93. The summed E-state index contributed by atoms with van der Waals surface area (Å²) < 4.78 is 7.18. The Labute approximate surface area is 180 Å². The number of methoxy groups -OCH3 is 1. The molecule has 31 heavy (non-hydrogen) atoms. The van der Waals surface area contributed by atoms with Crippen LogP contribution >= 0.6 is 0 Å². The minimum atomic E-state index is -0.179. The van der Waals surface area contributed by atoms with Crippen molar-refractivity contribution in [3.05, 3.63) is 108 Å². The van der Waals surface area contributed by atoms with Crippen LogP contribution in [0.3, 0.4) is 0 Å². The van der Waals surface area contributed by atoms with Crippen LogP contribution in [0.2, 0.25) is 0 Å². The van der Waals surface area contributed by atoms with Gasteiger partial charge in [0.1, 0.15) is 12.1 Å². The summed E-state index contributed by atoms with van der Waals surface area (Å²) in [6.07, 6.45) is 2.21. The third-order valence-electron chi connectivity index (χ3n) is 5.73. The van der Waals surface area contributed by atoms with E-state index in [0.717, 1.165) is 11.1 Å². The molecule has 1 aliphatic rings. The van der Waals surface area contributed by atoms with E-state index in [2.05, 4.69) is 34.3 Å². The van der Waals surface area contributed by atoms with Gasteiger partial charge in [0, 0.05) is 5.56 Å². The number of amides is 1. The van der Waals surface area contributed by atoms with Crippen molar-refractivity contribution in [1.82, 2.24) is 14.8 Å². The van der Waals surface area contributed by atoms with Crippen LogP contribution in [-0.2, 0) is 0 Å². The highest BCUT2D eigenvalue weighted by atomic mass is 16.5. The summed E-state index contributed by atoms with van der Waals surface area (Å²) in [5.74, 6) is 1.05.